The lowest BCUT2D eigenvalue weighted by atomic mass is 9.72. The highest BCUT2D eigenvalue weighted by atomic mass is 79.9. The van der Waals surface area contributed by atoms with Crippen molar-refractivity contribution in [2.45, 2.75) is 64.3 Å². The molecule has 4 heterocycles. The number of sulfone groups is 1. The van der Waals surface area contributed by atoms with E-state index >= 15 is 0 Å². The van der Waals surface area contributed by atoms with Crippen molar-refractivity contribution in [2.75, 3.05) is 49.2 Å². The summed E-state index contributed by atoms with van der Waals surface area (Å²) in [6, 6.07) is 1.68. The van der Waals surface area contributed by atoms with E-state index in [1.54, 1.807) is 11.0 Å². The topological polar surface area (TPSA) is 111 Å². The number of aromatic nitrogens is 2. The molecule has 0 unspecified atom stereocenters. The minimum Gasteiger partial charge on any atom is -0.481 e. The van der Waals surface area contributed by atoms with Gasteiger partial charge < -0.3 is 24.0 Å². The molecule has 44 heavy (non-hydrogen) atoms. The number of hydrogen-bond donors (Lipinski definition) is 0. The minimum atomic E-state index is -4.59. The van der Waals surface area contributed by atoms with Crippen LogP contribution in [-0.4, -0.2) is 91.6 Å². The molecule has 0 N–H and O–H groups in total. The summed E-state index contributed by atoms with van der Waals surface area (Å²) in [4.78, 5) is 25.5. The van der Waals surface area contributed by atoms with Crippen LogP contribution in [0.15, 0.2) is 17.1 Å². The number of halogens is 4. The van der Waals surface area contributed by atoms with Crippen molar-refractivity contribution in [3.05, 3.63) is 22.7 Å². The molecule has 0 radical (unpaired) electrons. The van der Waals surface area contributed by atoms with Crippen molar-refractivity contribution >= 4 is 54.7 Å². The molecule has 0 atom stereocenters. The van der Waals surface area contributed by atoms with Crippen LogP contribution in [0, 0.1) is 5.41 Å². The minimum absolute atomic E-state index is 0.0270. The van der Waals surface area contributed by atoms with E-state index in [9.17, 15) is 26.4 Å². The number of fused-ring (bicyclic) bond motifs is 1. The van der Waals surface area contributed by atoms with Gasteiger partial charge in [-0.05, 0) is 74.0 Å². The number of rotatable bonds is 6. The van der Waals surface area contributed by atoms with Gasteiger partial charge in [0.25, 0.3) is 0 Å². The van der Waals surface area contributed by atoms with Gasteiger partial charge in [0.15, 0.2) is 22.2 Å². The van der Waals surface area contributed by atoms with Crippen molar-refractivity contribution < 1.29 is 40.6 Å². The normalized spacial score (nSPS) is 20.3. The Morgan fingerprint density at radius 2 is 1.80 bits per heavy atom. The maximum atomic E-state index is 13.2. The SMILES string of the molecule is C=Cc1cc2c(N3CCC4(CC3)CN(C(=O)OC(C)(C)C)C4)nc(OC3CCS(=O)(=O)CC3)nc2c(OCC(F)(F)F)c1Br. The van der Waals surface area contributed by atoms with E-state index in [-0.39, 0.29) is 57.6 Å². The summed E-state index contributed by atoms with van der Waals surface area (Å²) in [6.45, 7) is 10.1. The molecule has 2 aromatic rings. The molecule has 3 saturated heterocycles. The lowest BCUT2D eigenvalue weighted by Crippen LogP contribution is -2.62. The smallest absolute Gasteiger partial charge is 0.422 e. The predicted molar refractivity (Wildman–Crippen MR) is 163 cm³/mol. The van der Waals surface area contributed by atoms with Crippen molar-refractivity contribution in [1.29, 1.82) is 0 Å². The van der Waals surface area contributed by atoms with Crippen LogP contribution in [0.3, 0.4) is 0 Å². The van der Waals surface area contributed by atoms with Crippen LogP contribution in [0.5, 0.6) is 11.8 Å². The quantitative estimate of drug-likeness (QED) is 0.370. The fourth-order valence-corrected chi connectivity index (χ4v) is 7.82. The largest absolute Gasteiger partial charge is 0.481 e. The lowest BCUT2D eigenvalue weighted by Gasteiger charge is -2.53. The molecule has 1 spiro atoms. The van der Waals surface area contributed by atoms with E-state index < -0.39 is 34.3 Å². The summed E-state index contributed by atoms with van der Waals surface area (Å²) >= 11 is 3.37. The molecular formula is C29H36BrF3N4O6S. The van der Waals surface area contributed by atoms with Gasteiger partial charge in [0.2, 0.25) is 0 Å². The van der Waals surface area contributed by atoms with Gasteiger partial charge in [-0.1, -0.05) is 12.7 Å². The zero-order valence-electron chi connectivity index (χ0n) is 24.9. The third-order valence-electron chi connectivity index (χ3n) is 8.07. The lowest BCUT2D eigenvalue weighted by molar-refractivity contribution is -0.153. The molecular weight excluding hydrogens is 669 g/mol. The summed E-state index contributed by atoms with van der Waals surface area (Å²) in [5.74, 6) is 0.302. The Morgan fingerprint density at radius 1 is 1.16 bits per heavy atom. The molecule has 3 aliphatic heterocycles. The molecule has 3 aliphatic rings. The van der Waals surface area contributed by atoms with Crippen molar-refractivity contribution in [2.24, 2.45) is 5.41 Å². The zero-order chi connectivity index (χ0) is 32.1. The second kappa shape index (κ2) is 11.8. The first-order chi connectivity index (χ1) is 20.5. The number of carbonyl (C=O) groups is 1. The van der Waals surface area contributed by atoms with Gasteiger partial charge in [0.05, 0.1) is 16.0 Å². The van der Waals surface area contributed by atoms with Crippen LogP contribution in [-0.2, 0) is 14.6 Å². The standard InChI is InChI=1S/C29H36BrF3N4O6S/c1-5-18-14-20-22(23(21(18)30)41-17-29(31,32)33)34-25(42-19-6-12-44(39,40)13-7-19)35-24(20)36-10-8-28(9-11-36)15-37(16-28)26(38)43-27(2,3)4/h5,14,19H,1,6-13,15-17H2,2-4H3. The third kappa shape index (κ3) is 7.35. The van der Waals surface area contributed by atoms with Gasteiger partial charge in [-0.25, -0.2) is 13.2 Å². The van der Waals surface area contributed by atoms with E-state index in [1.165, 1.54) is 6.08 Å². The Balaban J connectivity index is 1.45. The molecule has 1 aromatic carbocycles. The predicted octanol–water partition coefficient (Wildman–Crippen LogP) is 5.77. The van der Waals surface area contributed by atoms with Crippen molar-refractivity contribution in [3.63, 3.8) is 0 Å². The first kappa shape index (κ1) is 32.6. The van der Waals surface area contributed by atoms with E-state index in [0.717, 1.165) is 12.8 Å². The number of likely N-dealkylation sites (tertiary alicyclic amines) is 1. The molecule has 0 aliphatic carbocycles. The van der Waals surface area contributed by atoms with E-state index in [4.69, 9.17) is 19.2 Å². The Hall–Kier alpha value is -2.81. The summed E-state index contributed by atoms with van der Waals surface area (Å²) in [5, 5.41) is 0.471. The maximum absolute atomic E-state index is 13.2. The maximum Gasteiger partial charge on any atom is 0.422 e. The van der Waals surface area contributed by atoms with Crippen LogP contribution in [0.25, 0.3) is 17.0 Å². The number of benzene rings is 1. The van der Waals surface area contributed by atoms with Gasteiger partial charge in [-0.2, -0.15) is 23.1 Å². The first-order valence-electron chi connectivity index (χ1n) is 14.4. The Morgan fingerprint density at radius 3 is 2.36 bits per heavy atom. The second-order valence-electron chi connectivity index (χ2n) is 12.7. The summed E-state index contributed by atoms with van der Waals surface area (Å²) in [5.41, 5.74) is 0.00554. The average Bonchev–Trinajstić information content (AvgIpc) is 2.90. The molecule has 3 fully saturated rings. The van der Waals surface area contributed by atoms with Crippen LogP contribution in [0.2, 0.25) is 0 Å². The summed E-state index contributed by atoms with van der Waals surface area (Å²) < 4.78 is 80.7. The molecule has 242 valence electrons. The molecule has 5 rings (SSSR count). The van der Waals surface area contributed by atoms with E-state index in [2.05, 4.69) is 27.5 Å². The highest BCUT2D eigenvalue weighted by Crippen LogP contribution is 2.45. The molecule has 1 amide bonds. The Kier molecular flexibility index (Phi) is 8.77. The second-order valence-corrected chi connectivity index (χ2v) is 15.8. The molecule has 0 bridgehead atoms. The highest BCUT2D eigenvalue weighted by molar-refractivity contribution is 9.10. The molecule has 15 heteroatoms. The number of amides is 1. The van der Waals surface area contributed by atoms with Crippen LogP contribution in [0.4, 0.5) is 23.8 Å². The number of anilines is 1. The van der Waals surface area contributed by atoms with Crippen molar-refractivity contribution in [3.8, 4) is 11.8 Å². The van der Waals surface area contributed by atoms with Gasteiger partial charge in [0, 0.05) is 37.0 Å². The number of hydrogen-bond acceptors (Lipinski definition) is 9. The number of carbonyl (C=O) groups excluding carboxylic acids is 1. The van der Waals surface area contributed by atoms with Gasteiger partial charge in [-0.3, -0.25) is 0 Å². The van der Waals surface area contributed by atoms with E-state index in [1.807, 2.05) is 25.7 Å². The number of alkyl halides is 3. The van der Waals surface area contributed by atoms with Crippen LogP contribution in [0.1, 0.15) is 52.0 Å². The van der Waals surface area contributed by atoms with Crippen LogP contribution < -0.4 is 14.4 Å². The highest BCUT2D eigenvalue weighted by Gasteiger charge is 2.48. The summed E-state index contributed by atoms with van der Waals surface area (Å²) in [6.07, 6.45) is -1.84. The molecule has 0 saturated carbocycles. The van der Waals surface area contributed by atoms with Gasteiger partial charge >= 0.3 is 18.3 Å². The monoisotopic (exact) mass is 704 g/mol. The van der Waals surface area contributed by atoms with Gasteiger partial charge in [-0.15, -0.1) is 0 Å². The van der Waals surface area contributed by atoms with Crippen molar-refractivity contribution in [1.82, 2.24) is 14.9 Å². The van der Waals surface area contributed by atoms with E-state index in [0.29, 0.717) is 42.9 Å². The Labute approximate surface area is 263 Å². The summed E-state index contributed by atoms with van der Waals surface area (Å²) in [7, 11) is -3.14. The van der Waals surface area contributed by atoms with Gasteiger partial charge in [0.1, 0.15) is 23.0 Å². The fourth-order valence-electron chi connectivity index (χ4n) is 5.79. The number of nitrogens with zero attached hydrogens (tertiary/aromatic N) is 4. The first-order valence-corrected chi connectivity index (χ1v) is 17.0. The van der Waals surface area contributed by atoms with Crippen LogP contribution >= 0.6 is 15.9 Å². The molecule has 1 aromatic heterocycles. The Bertz CT molecular complexity index is 1530. The number of piperidine rings is 1. The average molecular weight is 706 g/mol. The molecule has 10 nitrogen and oxygen atoms in total. The zero-order valence-corrected chi connectivity index (χ0v) is 27.3. The third-order valence-corrected chi connectivity index (χ3v) is 10.6. The number of ether oxygens (including phenoxy) is 3. The fraction of sp³-hybridized carbons (Fsp3) is 0.621.